The molecule has 2 N–H and O–H groups in total. The van der Waals surface area contributed by atoms with Gasteiger partial charge in [0.15, 0.2) is 0 Å². The average Bonchev–Trinajstić information content (AvgIpc) is 3.55. The van der Waals surface area contributed by atoms with E-state index in [4.69, 9.17) is 0 Å². The molecule has 6 rings (SSSR count). The van der Waals surface area contributed by atoms with Gasteiger partial charge in [-0.05, 0) is 79.1 Å². The van der Waals surface area contributed by atoms with E-state index in [-0.39, 0.29) is 11.8 Å². The molecule has 2 amide bonds. The maximum Gasteiger partial charge on any atom is 0.251 e. The Morgan fingerprint density at radius 2 is 2.00 bits per heavy atom. The van der Waals surface area contributed by atoms with Gasteiger partial charge in [0.1, 0.15) is 5.82 Å². The third-order valence-electron chi connectivity index (χ3n) is 8.06. The van der Waals surface area contributed by atoms with Gasteiger partial charge in [0.2, 0.25) is 5.91 Å². The van der Waals surface area contributed by atoms with E-state index in [0.29, 0.717) is 36.7 Å². The van der Waals surface area contributed by atoms with E-state index in [0.717, 1.165) is 42.7 Å². The van der Waals surface area contributed by atoms with Crippen LogP contribution >= 0.6 is 0 Å². The van der Waals surface area contributed by atoms with Gasteiger partial charge in [0.25, 0.3) is 5.91 Å². The number of benzene rings is 2. The van der Waals surface area contributed by atoms with Gasteiger partial charge in [-0.3, -0.25) is 9.59 Å². The number of hydrogen-bond acceptors (Lipinski definition) is 4. The minimum atomic E-state index is -0.607. The number of fused-ring (bicyclic) bond motifs is 3. The number of rotatable bonds is 5. The molecular weight excluding hydrogens is 436 g/mol. The smallest absolute Gasteiger partial charge is 0.251 e. The lowest BCUT2D eigenvalue weighted by molar-refractivity contribution is -0.120. The number of hydrogen-bond donors (Lipinski definition) is 2. The van der Waals surface area contributed by atoms with Crippen molar-refractivity contribution in [3.05, 3.63) is 94.2 Å². The lowest BCUT2D eigenvalue weighted by Crippen LogP contribution is -2.35. The fraction of sp³-hybridized carbons (Fsp3) is 0.345. The summed E-state index contributed by atoms with van der Waals surface area (Å²) in [7, 11) is 0. The Bertz CT molecular complexity index is 1320. The number of nitrogens with zero attached hydrogens (tertiary/aromatic N) is 2. The van der Waals surface area contributed by atoms with Gasteiger partial charge in [-0.2, -0.15) is 0 Å². The number of aryl methyl sites for hydroxylation is 1. The second-order valence-electron chi connectivity index (χ2n) is 10.2. The van der Waals surface area contributed by atoms with Crippen LogP contribution in [0.5, 0.6) is 0 Å². The summed E-state index contributed by atoms with van der Waals surface area (Å²) in [6.07, 6.45) is 4.11. The number of amides is 2. The van der Waals surface area contributed by atoms with E-state index in [2.05, 4.69) is 51.7 Å². The average molecular weight is 467 g/mol. The van der Waals surface area contributed by atoms with E-state index in [1.54, 1.807) is 6.20 Å². The maximum atomic E-state index is 12.9. The van der Waals surface area contributed by atoms with Crippen molar-refractivity contribution in [3.63, 3.8) is 0 Å². The zero-order chi connectivity index (χ0) is 24.0. The number of anilines is 1. The van der Waals surface area contributed by atoms with Crippen molar-refractivity contribution in [3.8, 4) is 0 Å². The second kappa shape index (κ2) is 8.61. The molecule has 1 aromatic heterocycles. The van der Waals surface area contributed by atoms with Gasteiger partial charge in [-0.1, -0.05) is 36.4 Å². The first-order valence-corrected chi connectivity index (χ1v) is 12.5. The maximum absolute atomic E-state index is 12.9. The first kappa shape index (κ1) is 22.0. The van der Waals surface area contributed by atoms with Crippen LogP contribution < -0.4 is 10.6 Å². The van der Waals surface area contributed by atoms with E-state index in [9.17, 15) is 9.59 Å². The molecule has 178 valence electrons. The molecule has 0 radical (unpaired) electrons. The first-order chi connectivity index (χ1) is 17.0. The van der Waals surface area contributed by atoms with E-state index >= 15 is 0 Å². The molecule has 1 aliphatic carbocycles. The molecule has 35 heavy (non-hydrogen) atoms. The van der Waals surface area contributed by atoms with Crippen LogP contribution in [0, 0.1) is 6.92 Å². The fourth-order valence-electron chi connectivity index (χ4n) is 6.17. The summed E-state index contributed by atoms with van der Waals surface area (Å²) in [6.45, 7) is 5.77. The van der Waals surface area contributed by atoms with E-state index in [1.807, 2.05) is 30.3 Å². The van der Waals surface area contributed by atoms with Crippen molar-refractivity contribution < 1.29 is 9.59 Å². The van der Waals surface area contributed by atoms with Crippen molar-refractivity contribution in [2.45, 2.75) is 37.5 Å². The molecule has 2 atom stereocenters. The van der Waals surface area contributed by atoms with Crippen LogP contribution in [0.25, 0.3) is 0 Å². The number of carbonyl (C=O) groups excluding carboxylic acids is 2. The second-order valence-corrected chi connectivity index (χ2v) is 10.2. The summed E-state index contributed by atoms with van der Waals surface area (Å²) in [5.74, 6) is 1.18. The van der Waals surface area contributed by atoms with Crippen LogP contribution in [0.4, 0.5) is 5.82 Å². The van der Waals surface area contributed by atoms with Gasteiger partial charge in [-0.15, -0.1) is 0 Å². The molecule has 6 nitrogen and oxygen atoms in total. The highest BCUT2D eigenvalue weighted by Crippen LogP contribution is 2.46. The SMILES string of the molecule is Cc1ccccc1C1CCN(CCNC(=O)c2ccc3c(c2)CC2(C3)C(=O)Nc3ncccc32)C1. The molecule has 3 aromatic rings. The van der Waals surface area contributed by atoms with E-state index in [1.165, 1.54) is 11.1 Å². The van der Waals surface area contributed by atoms with Crippen molar-refractivity contribution in [1.29, 1.82) is 0 Å². The first-order valence-electron chi connectivity index (χ1n) is 12.5. The zero-order valence-electron chi connectivity index (χ0n) is 20.0. The Hall–Kier alpha value is -3.51. The molecule has 2 aliphatic heterocycles. The van der Waals surface area contributed by atoms with Crippen molar-refractivity contribution in [2.24, 2.45) is 0 Å². The Labute approximate surface area is 205 Å². The van der Waals surface area contributed by atoms with Crippen LogP contribution in [0.3, 0.4) is 0 Å². The predicted octanol–water partition coefficient (Wildman–Crippen LogP) is 3.60. The topological polar surface area (TPSA) is 74.3 Å². The Kier molecular flexibility index (Phi) is 5.41. The summed E-state index contributed by atoms with van der Waals surface area (Å²) < 4.78 is 0. The molecule has 1 spiro atoms. The molecule has 2 unspecified atom stereocenters. The van der Waals surface area contributed by atoms with Crippen molar-refractivity contribution >= 4 is 17.6 Å². The van der Waals surface area contributed by atoms with Crippen LogP contribution in [-0.2, 0) is 23.1 Å². The molecule has 0 bridgehead atoms. The van der Waals surface area contributed by atoms with Crippen LogP contribution in [0.1, 0.15) is 50.5 Å². The summed E-state index contributed by atoms with van der Waals surface area (Å²) >= 11 is 0. The number of nitrogens with one attached hydrogen (secondary N) is 2. The third kappa shape index (κ3) is 3.82. The molecule has 3 aliphatic rings. The Balaban J connectivity index is 1.07. The van der Waals surface area contributed by atoms with Crippen molar-refractivity contribution in [2.75, 3.05) is 31.5 Å². The Morgan fingerprint density at radius 3 is 2.89 bits per heavy atom. The summed E-state index contributed by atoms with van der Waals surface area (Å²) in [5, 5.41) is 6.04. The highest BCUT2D eigenvalue weighted by molar-refractivity contribution is 6.06. The zero-order valence-corrected chi connectivity index (χ0v) is 20.0. The van der Waals surface area contributed by atoms with Crippen LogP contribution in [0.2, 0.25) is 0 Å². The molecular formula is C29H30N4O2. The fourth-order valence-corrected chi connectivity index (χ4v) is 6.17. The minimum absolute atomic E-state index is 0.00279. The summed E-state index contributed by atoms with van der Waals surface area (Å²) in [4.78, 5) is 32.6. The predicted molar refractivity (Wildman–Crippen MR) is 136 cm³/mol. The summed E-state index contributed by atoms with van der Waals surface area (Å²) in [5.41, 5.74) is 6.03. The highest BCUT2D eigenvalue weighted by Gasteiger charge is 2.51. The molecule has 1 fully saturated rings. The monoisotopic (exact) mass is 466 g/mol. The molecule has 1 saturated heterocycles. The number of likely N-dealkylation sites (tertiary alicyclic amines) is 1. The minimum Gasteiger partial charge on any atom is -0.351 e. The third-order valence-corrected chi connectivity index (χ3v) is 8.06. The normalized spacial score (nSPS) is 22.8. The largest absolute Gasteiger partial charge is 0.351 e. The highest BCUT2D eigenvalue weighted by atomic mass is 16.2. The van der Waals surface area contributed by atoms with Crippen LogP contribution in [0.15, 0.2) is 60.8 Å². The lowest BCUT2D eigenvalue weighted by atomic mass is 9.79. The summed E-state index contributed by atoms with van der Waals surface area (Å²) in [6, 6.07) is 18.4. The number of pyridine rings is 1. The van der Waals surface area contributed by atoms with E-state index < -0.39 is 5.41 Å². The molecule has 3 heterocycles. The molecule has 2 aromatic carbocycles. The van der Waals surface area contributed by atoms with Gasteiger partial charge in [0.05, 0.1) is 5.41 Å². The van der Waals surface area contributed by atoms with Crippen LogP contribution in [-0.4, -0.2) is 47.9 Å². The van der Waals surface area contributed by atoms with Gasteiger partial charge >= 0.3 is 0 Å². The Morgan fingerprint density at radius 1 is 1.14 bits per heavy atom. The van der Waals surface area contributed by atoms with Gasteiger partial charge in [-0.25, -0.2) is 4.98 Å². The van der Waals surface area contributed by atoms with Gasteiger partial charge < -0.3 is 15.5 Å². The van der Waals surface area contributed by atoms with Crippen molar-refractivity contribution in [1.82, 2.24) is 15.2 Å². The number of carbonyl (C=O) groups is 2. The van der Waals surface area contributed by atoms with Gasteiger partial charge in [0, 0.05) is 37.0 Å². The lowest BCUT2D eigenvalue weighted by Gasteiger charge is -2.20. The molecule has 6 heteroatoms. The standard InChI is InChI=1S/C29H30N4O2/c1-19-5-2-3-6-24(19)22-10-13-33(18-22)14-12-31-27(34)20-8-9-21-16-29(17-23(21)15-20)25-7-4-11-30-26(25)32-28(29)35/h2-9,11,15,22H,10,12-14,16-18H2,1H3,(H,31,34)(H,30,32,35). The molecule has 0 saturated carbocycles. The quantitative estimate of drug-likeness (QED) is 0.603. The number of aromatic nitrogens is 1.